The first-order valence-electron chi connectivity index (χ1n) is 22.1. The van der Waals surface area contributed by atoms with Crippen molar-refractivity contribution >= 4 is 34.4 Å². The van der Waals surface area contributed by atoms with Crippen molar-refractivity contribution in [3.8, 4) is 22.6 Å². The molecule has 0 saturated heterocycles. The van der Waals surface area contributed by atoms with E-state index in [1.807, 2.05) is 127 Å². The number of rotatable bonds is 21. The van der Waals surface area contributed by atoms with Crippen molar-refractivity contribution in [1.82, 2.24) is 5.32 Å². The second-order valence-corrected chi connectivity index (χ2v) is 29.8. The van der Waals surface area contributed by atoms with Crippen LogP contribution in [-0.4, -0.2) is 57.7 Å². The number of benzene rings is 5. The number of amides is 1. The minimum absolute atomic E-state index is 0.00625. The van der Waals surface area contributed by atoms with Gasteiger partial charge in [-0.2, -0.15) is 0 Å². The molecule has 346 valence electrons. The number of ether oxygens (including phenoxy) is 4. The summed E-state index contributed by atoms with van der Waals surface area (Å²) in [4.78, 5) is 40.3. The zero-order valence-electron chi connectivity index (χ0n) is 39.3. The number of nitrogens with one attached hydrogen (secondary N) is 1. The van der Waals surface area contributed by atoms with Crippen LogP contribution >= 0.6 is 0 Å². The van der Waals surface area contributed by atoms with Gasteiger partial charge in [-0.3, -0.25) is 4.79 Å². The molecule has 0 aliphatic carbocycles. The fraction of sp³-hybridized carbons (Fsp3) is 0.365. The summed E-state index contributed by atoms with van der Waals surface area (Å²) in [6.45, 7) is 19.2. The topological polar surface area (TPSA) is 156 Å². The van der Waals surface area contributed by atoms with Gasteiger partial charge in [-0.1, -0.05) is 144 Å². The molecule has 0 bridgehead atoms. The van der Waals surface area contributed by atoms with E-state index in [0.717, 1.165) is 28.3 Å². The molecule has 65 heavy (non-hydrogen) atoms. The van der Waals surface area contributed by atoms with E-state index in [1.165, 1.54) is 6.92 Å². The summed E-state index contributed by atoms with van der Waals surface area (Å²) < 4.78 is 31.3. The van der Waals surface area contributed by atoms with Crippen molar-refractivity contribution in [3.63, 3.8) is 0 Å². The van der Waals surface area contributed by atoms with Gasteiger partial charge in [-0.25, -0.2) is 9.59 Å². The van der Waals surface area contributed by atoms with Crippen LogP contribution in [-0.2, 0) is 49.7 Å². The molecular formula is C52H66N2O9Si2. The van der Waals surface area contributed by atoms with Crippen LogP contribution < -0.4 is 20.5 Å². The Kier molecular flexibility index (Phi) is 17.0. The van der Waals surface area contributed by atoms with Crippen LogP contribution in [0.1, 0.15) is 61.6 Å². The maximum Gasteiger partial charge on any atom is 0.408 e. The van der Waals surface area contributed by atoms with Crippen LogP contribution in [0.15, 0.2) is 127 Å². The average molecular weight is 919 g/mol. The van der Waals surface area contributed by atoms with Crippen LogP contribution in [0.25, 0.3) is 11.1 Å². The standard InChI is InChI=1S/C52H66N2O9Si2/c1-51(2,3)65(8,9)63-47(52(4,53)49(56)57)43-32-41(26-28-46(43)61-35-38-21-15-11-16-22-38)40-25-27-45(60-34-37-19-13-10-14-20-37)42(31-40)33-44(48(55)59-29-30-64(5,6)7)54-50(58)62-36-39-23-17-12-18-24-39/h10-28,31-32,44,47H,29-30,33-36,53H2,1-9H3,(H,54,58)(H,56,57)/t44-,47+,52-/m0/s1. The van der Waals surface area contributed by atoms with Gasteiger partial charge in [-0.05, 0) is 88.7 Å². The summed E-state index contributed by atoms with van der Waals surface area (Å²) in [7, 11) is -4.22. The van der Waals surface area contributed by atoms with E-state index < -0.39 is 52.1 Å². The third-order valence-corrected chi connectivity index (χ3v) is 17.8. The lowest BCUT2D eigenvalue weighted by molar-refractivity contribution is -0.147. The lowest BCUT2D eigenvalue weighted by Gasteiger charge is -2.43. The predicted octanol–water partition coefficient (Wildman–Crippen LogP) is 11.1. The number of aliphatic carboxylic acids is 1. The van der Waals surface area contributed by atoms with Gasteiger partial charge >= 0.3 is 18.0 Å². The van der Waals surface area contributed by atoms with Gasteiger partial charge in [-0.15, -0.1) is 0 Å². The summed E-state index contributed by atoms with van der Waals surface area (Å²) in [5, 5.41) is 13.1. The zero-order chi connectivity index (χ0) is 47.4. The Labute approximate surface area is 386 Å². The Bertz CT molecular complexity index is 2350. The Balaban J connectivity index is 1.60. The highest BCUT2D eigenvalue weighted by atomic mass is 28.4. The number of nitrogens with two attached hydrogens (primary N) is 1. The largest absolute Gasteiger partial charge is 0.489 e. The molecule has 0 aliphatic heterocycles. The molecule has 0 saturated carbocycles. The van der Waals surface area contributed by atoms with Crippen LogP contribution in [0.3, 0.4) is 0 Å². The zero-order valence-corrected chi connectivity index (χ0v) is 41.3. The molecule has 0 radical (unpaired) electrons. The molecule has 5 aromatic rings. The minimum atomic E-state index is -2.66. The minimum Gasteiger partial charge on any atom is -0.489 e. The number of carbonyl (C=O) groups excluding carboxylic acids is 2. The first-order chi connectivity index (χ1) is 30.6. The third-order valence-electron chi connectivity index (χ3n) is 11.7. The van der Waals surface area contributed by atoms with Crippen LogP contribution in [0.4, 0.5) is 4.79 Å². The quantitative estimate of drug-likeness (QED) is 0.0478. The first kappa shape index (κ1) is 50.3. The molecular weight excluding hydrogens is 853 g/mol. The molecule has 1 amide bonds. The van der Waals surface area contributed by atoms with E-state index in [1.54, 1.807) is 0 Å². The maximum absolute atomic E-state index is 13.9. The average Bonchev–Trinajstić information content (AvgIpc) is 3.26. The fourth-order valence-corrected chi connectivity index (χ4v) is 8.59. The van der Waals surface area contributed by atoms with Gasteiger partial charge in [0.15, 0.2) is 8.32 Å². The molecule has 0 aromatic heterocycles. The smallest absolute Gasteiger partial charge is 0.408 e. The number of alkyl carbamates (subject to hydrolysis) is 1. The molecule has 0 aliphatic rings. The van der Waals surface area contributed by atoms with Crippen molar-refractivity contribution in [1.29, 1.82) is 0 Å². The molecule has 4 N–H and O–H groups in total. The van der Waals surface area contributed by atoms with E-state index in [2.05, 4.69) is 58.8 Å². The van der Waals surface area contributed by atoms with E-state index in [9.17, 15) is 19.5 Å². The number of esters is 1. The summed E-state index contributed by atoms with van der Waals surface area (Å²) in [6.07, 6.45) is -1.87. The highest BCUT2D eigenvalue weighted by Crippen LogP contribution is 2.45. The summed E-state index contributed by atoms with van der Waals surface area (Å²) in [6, 6.07) is 39.6. The number of carboxylic acids is 1. The molecule has 0 spiro atoms. The fourth-order valence-electron chi connectivity index (χ4n) is 6.57. The lowest BCUT2D eigenvalue weighted by atomic mass is 9.88. The van der Waals surface area contributed by atoms with E-state index in [-0.39, 0.29) is 37.9 Å². The highest BCUT2D eigenvalue weighted by molar-refractivity contribution is 6.76. The Morgan fingerprint density at radius 1 is 0.662 bits per heavy atom. The number of hydrogen-bond donors (Lipinski definition) is 3. The van der Waals surface area contributed by atoms with Crippen LogP contribution in [0, 0.1) is 0 Å². The van der Waals surface area contributed by atoms with E-state index >= 15 is 0 Å². The van der Waals surface area contributed by atoms with Crippen LogP contribution in [0.2, 0.25) is 43.8 Å². The number of hydrogen-bond acceptors (Lipinski definition) is 9. The Morgan fingerprint density at radius 3 is 1.66 bits per heavy atom. The monoisotopic (exact) mass is 918 g/mol. The Morgan fingerprint density at radius 2 is 1.15 bits per heavy atom. The molecule has 3 atom stereocenters. The van der Waals surface area contributed by atoms with Gasteiger partial charge < -0.3 is 39.5 Å². The molecule has 5 aromatic carbocycles. The molecule has 0 heterocycles. The van der Waals surface area contributed by atoms with Crippen molar-refractivity contribution < 1.29 is 42.9 Å². The van der Waals surface area contributed by atoms with E-state index in [4.69, 9.17) is 29.1 Å². The molecule has 0 fully saturated rings. The van der Waals surface area contributed by atoms with Crippen molar-refractivity contribution in [2.24, 2.45) is 5.73 Å². The summed E-state index contributed by atoms with van der Waals surface area (Å²) in [5.41, 5.74) is 10.1. The van der Waals surface area contributed by atoms with Crippen molar-refractivity contribution in [2.45, 2.75) is 115 Å². The van der Waals surface area contributed by atoms with Gasteiger partial charge in [0.1, 0.15) is 49.0 Å². The van der Waals surface area contributed by atoms with Crippen molar-refractivity contribution in [3.05, 3.63) is 155 Å². The highest BCUT2D eigenvalue weighted by Gasteiger charge is 2.48. The lowest BCUT2D eigenvalue weighted by Crippen LogP contribution is -2.55. The normalized spacial score (nSPS) is 13.8. The number of carbonyl (C=O) groups is 3. The van der Waals surface area contributed by atoms with Gasteiger partial charge in [0.05, 0.1) is 6.61 Å². The Hall–Kier alpha value is -5.74. The van der Waals surface area contributed by atoms with Crippen molar-refractivity contribution in [2.75, 3.05) is 6.61 Å². The maximum atomic E-state index is 13.9. The summed E-state index contributed by atoms with van der Waals surface area (Å²) >= 11 is 0. The van der Waals surface area contributed by atoms with E-state index in [0.29, 0.717) is 28.2 Å². The second-order valence-electron chi connectivity index (χ2n) is 19.4. The number of carboxylic acid groups (broad SMARTS) is 1. The van der Waals surface area contributed by atoms with Gasteiger partial charge in [0, 0.05) is 20.1 Å². The van der Waals surface area contributed by atoms with Gasteiger partial charge in [0.25, 0.3) is 0 Å². The SMILES string of the molecule is CC(C)(C)[Si](C)(C)O[C@H](c1cc(-c2ccc(OCc3ccccc3)c(C[C@H](NC(=O)OCc3ccccc3)C(=O)OCC[Si](C)(C)C)c2)ccc1OCc1ccccc1)[C@](C)(N)C(=O)O. The first-order valence-corrected chi connectivity index (χ1v) is 28.7. The summed E-state index contributed by atoms with van der Waals surface area (Å²) in [5.74, 6) is -0.885. The molecule has 11 nitrogen and oxygen atoms in total. The molecule has 0 unspecified atom stereocenters. The van der Waals surface area contributed by atoms with Crippen LogP contribution in [0.5, 0.6) is 11.5 Å². The van der Waals surface area contributed by atoms with Gasteiger partial charge in [0.2, 0.25) is 0 Å². The second kappa shape index (κ2) is 22.0. The molecule has 13 heteroatoms. The molecule has 5 rings (SSSR count). The predicted molar refractivity (Wildman–Crippen MR) is 261 cm³/mol. The third kappa shape index (κ3) is 14.6.